The predicted octanol–water partition coefficient (Wildman–Crippen LogP) is 2.35. The molecule has 1 aliphatic heterocycles. The minimum atomic E-state index is 0.288. The molecule has 0 aliphatic carbocycles. The van der Waals surface area contributed by atoms with Crippen molar-refractivity contribution in [1.82, 2.24) is 10.2 Å². The Labute approximate surface area is 123 Å². The molecular formula is C17H28N2O. The molecule has 2 N–H and O–H groups in total. The van der Waals surface area contributed by atoms with E-state index in [0.717, 1.165) is 19.5 Å². The van der Waals surface area contributed by atoms with Gasteiger partial charge in [0.25, 0.3) is 0 Å². The van der Waals surface area contributed by atoms with Crippen molar-refractivity contribution in [3.8, 4) is 0 Å². The van der Waals surface area contributed by atoms with Gasteiger partial charge in [-0.15, -0.1) is 0 Å². The van der Waals surface area contributed by atoms with Crippen LogP contribution in [0, 0.1) is 12.8 Å². The van der Waals surface area contributed by atoms with Gasteiger partial charge in [0.15, 0.2) is 0 Å². The van der Waals surface area contributed by atoms with Crippen LogP contribution < -0.4 is 5.32 Å². The summed E-state index contributed by atoms with van der Waals surface area (Å²) >= 11 is 0. The number of hydrogen-bond donors (Lipinski definition) is 2. The maximum absolute atomic E-state index is 9.52. The van der Waals surface area contributed by atoms with Gasteiger partial charge in [-0.05, 0) is 44.8 Å². The van der Waals surface area contributed by atoms with Crippen LogP contribution in [0.15, 0.2) is 24.3 Å². The monoisotopic (exact) mass is 276 g/mol. The van der Waals surface area contributed by atoms with Crippen molar-refractivity contribution in [2.75, 3.05) is 26.7 Å². The van der Waals surface area contributed by atoms with Crippen LogP contribution in [-0.4, -0.2) is 42.8 Å². The summed E-state index contributed by atoms with van der Waals surface area (Å²) in [6, 6.07) is 9.53. The Morgan fingerprint density at radius 1 is 1.35 bits per heavy atom. The van der Waals surface area contributed by atoms with Crippen molar-refractivity contribution >= 4 is 0 Å². The van der Waals surface area contributed by atoms with E-state index < -0.39 is 0 Å². The standard InChI is InChI=1S/C17H28N2O/c1-13-4-6-15(7-5-13)16(18-3)9-11-19-10-8-14(2)17(19)12-20/h4-7,14,16-18,20H,8-12H2,1-3H3. The van der Waals surface area contributed by atoms with Crippen molar-refractivity contribution in [2.45, 2.75) is 38.8 Å². The number of likely N-dealkylation sites (tertiary alicyclic amines) is 1. The van der Waals surface area contributed by atoms with Gasteiger partial charge in [0.1, 0.15) is 0 Å². The summed E-state index contributed by atoms with van der Waals surface area (Å²) < 4.78 is 0. The number of rotatable bonds is 6. The van der Waals surface area contributed by atoms with Gasteiger partial charge in [-0.25, -0.2) is 0 Å². The molecule has 1 fully saturated rings. The maximum Gasteiger partial charge on any atom is 0.0589 e. The van der Waals surface area contributed by atoms with Crippen LogP contribution in [0.1, 0.15) is 36.9 Å². The van der Waals surface area contributed by atoms with E-state index in [4.69, 9.17) is 0 Å². The number of aliphatic hydroxyl groups excluding tert-OH is 1. The molecule has 0 bridgehead atoms. The van der Waals surface area contributed by atoms with Crippen molar-refractivity contribution in [1.29, 1.82) is 0 Å². The summed E-state index contributed by atoms with van der Waals surface area (Å²) in [6.45, 7) is 6.83. The fourth-order valence-corrected chi connectivity index (χ4v) is 3.23. The van der Waals surface area contributed by atoms with Crippen LogP contribution in [0.4, 0.5) is 0 Å². The van der Waals surface area contributed by atoms with Crippen LogP contribution in [0.3, 0.4) is 0 Å². The number of aliphatic hydroxyl groups is 1. The molecule has 0 amide bonds. The molecule has 3 unspecified atom stereocenters. The second-order valence-corrected chi connectivity index (χ2v) is 6.09. The van der Waals surface area contributed by atoms with E-state index in [-0.39, 0.29) is 6.61 Å². The smallest absolute Gasteiger partial charge is 0.0589 e. The zero-order valence-corrected chi connectivity index (χ0v) is 13.0. The molecule has 20 heavy (non-hydrogen) atoms. The van der Waals surface area contributed by atoms with Crippen LogP contribution in [0.5, 0.6) is 0 Å². The molecule has 112 valence electrons. The molecule has 1 heterocycles. The Morgan fingerprint density at radius 2 is 2.05 bits per heavy atom. The van der Waals surface area contributed by atoms with Gasteiger partial charge in [0, 0.05) is 18.6 Å². The summed E-state index contributed by atoms with van der Waals surface area (Å²) in [5.74, 6) is 0.618. The van der Waals surface area contributed by atoms with Crippen LogP contribution >= 0.6 is 0 Å². The fourth-order valence-electron chi connectivity index (χ4n) is 3.23. The number of aryl methyl sites for hydroxylation is 1. The molecule has 0 saturated carbocycles. The average Bonchev–Trinajstić information content (AvgIpc) is 2.81. The third kappa shape index (κ3) is 3.60. The van der Waals surface area contributed by atoms with Crippen molar-refractivity contribution in [3.05, 3.63) is 35.4 Å². The first-order valence-electron chi connectivity index (χ1n) is 7.74. The highest BCUT2D eigenvalue weighted by Crippen LogP contribution is 2.25. The lowest BCUT2D eigenvalue weighted by atomic mass is 10.0. The normalized spacial score (nSPS) is 25.0. The molecule has 1 aromatic rings. The summed E-state index contributed by atoms with van der Waals surface area (Å²) in [7, 11) is 2.03. The SMILES string of the molecule is CNC(CCN1CCC(C)C1CO)c1ccc(C)cc1. The third-order valence-electron chi connectivity index (χ3n) is 4.72. The molecule has 1 saturated heterocycles. The highest BCUT2D eigenvalue weighted by molar-refractivity contribution is 5.24. The lowest BCUT2D eigenvalue weighted by Crippen LogP contribution is -2.37. The molecular weight excluding hydrogens is 248 g/mol. The molecule has 1 aliphatic rings. The highest BCUT2D eigenvalue weighted by Gasteiger charge is 2.30. The Hall–Kier alpha value is -0.900. The molecule has 3 atom stereocenters. The quantitative estimate of drug-likeness (QED) is 0.837. The average molecular weight is 276 g/mol. The molecule has 0 radical (unpaired) electrons. The van der Waals surface area contributed by atoms with Crippen LogP contribution in [0.25, 0.3) is 0 Å². The summed E-state index contributed by atoms with van der Waals surface area (Å²) in [6.07, 6.45) is 2.29. The first-order valence-corrected chi connectivity index (χ1v) is 7.74. The van der Waals surface area contributed by atoms with E-state index in [1.165, 1.54) is 17.5 Å². The first kappa shape index (κ1) is 15.5. The van der Waals surface area contributed by atoms with Gasteiger partial charge >= 0.3 is 0 Å². The van der Waals surface area contributed by atoms with Gasteiger partial charge in [-0.3, -0.25) is 4.90 Å². The largest absolute Gasteiger partial charge is 0.395 e. The lowest BCUT2D eigenvalue weighted by Gasteiger charge is -2.27. The topological polar surface area (TPSA) is 35.5 Å². The number of nitrogens with zero attached hydrogens (tertiary/aromatic N) is 1. The second kappa shape index (κ2) is 7.21. The van der Waals surface area contributed by atoms with E-state index in [9.17, 15) is 5.11 Å². The van der Waals surface area contributed by atoms with E-state index >= 15 is 0 Å². The summed E-state index contributed by atoms with van der Waals surface area (Å²) in [5.41, 5.74) is 2.66. The van der Waals surface area contributed by atoms with Gasteiger partial charge < -0.3 is 10.4 Å². The zero-order chi connectivity index (χ0) is 14.5. The van der Waals surface area contributed by atoms with E-state index in [2.05, 4.69) is 48.3 Å². The Balaban J connectivity index is 1.92. The second-order valence-electron chi connectivity index (χ2n) is 6.09. The van der Waals surface area contributed by atoms with Gasteiger partial charge in [0.2, 0.25) is 0 Å². The van der Waals surface area contributed by atoms with Crippen LogP contribution in [-0.2, 0) is 0 Å². The molecule has 0 aromatic heterocycles. The van der Waals surface area contributed by atoms with Crippen LogP contribution in [0.2, 0.25) is 0 Å². The van der Waals surface area contributed by atoms with Crippen molar-refractivity contribution in [2.24, 2.45) is 5.92 Å². The van der Waals surface area contributed by atoms with Crippen molar-refractivity contribution < 1.29 is 5.11 Å². The van der Waals surface area contributed by atoms with E-state index in [1.54, 1.807) is 0 Å². The summed E-state index contributed by atoms with van der Waals surface area (Å²) in [4.78, 5) is 2.45. The van der Waals surface area contributed by atoms with Gasteiger partial charge in [0.05, 0.1) is 6.61 Å². The van der Waals surface area contributed by atoms with Gasteiger partial charge in [-0.1, -0.05) is 36.8 Å². The van der Waals surface area contributed by atoms with E-state index in [1.807, 2.05) is 7.05 Å². The highest BCUT2D eigenvalue weighted by atomic mass is 16.3. The molecule has 1 aromatic carbocycles. The maximum atomic E-state index is 9.52. The number of hydrogen-bond acceptors (Lipinski definition) is 3. The molecule has 2 rings (SSSR count). The zero-order valence-electron chi connectivity index (χ0n) is 13.0. The Kier molecular flexibility index (Phi) is 5.58. The Bertz CT molecular complexity index is 404. The third-order valence-corrected chi connectivity index (χ3v) is 4.72. The first-order chi connectivity index (χ1) is 9.65. The van der Waals surface area contributed by atoms with E-state index in [0.29, 0.717) is 18.0 Å². The fraction of sp³-hybridized carbons (Fsp3) is 0.647. The number of benzene rings is 1. The minimum Gasteiger partial charge on any atom is -0.395 e. The van der Waals surface area contributed by atoms with Gasteiger partial charge in [-0.2, -0.15) is 0 Å². The molecule has 0 spiro atoms. The lowest BCUT2D eigenvalue weighted by molar-refractivity contribution is 0.135. The molecule has 3 heteroatoms. The minimum absolute atomic E-state index is 0.288. The van der Waals surface area contributed by atoms with Crippen molar-refractivity contribution in [3.63, 3.8) is 0 Å². The number of nitrogens with one attached hydrogen (secondary N) is 1. The Morgan fingerprint density at radius 3 is 2.65 bits per heavy atom. The predicted molar refractivity (Wildman–Crippen MR) is 83.8 cm³/mol. The summed E-state index contributed by atoms with van der Waals surface area (Å²) in [5, 5.41) is 12.9. The molecule has 3 nitrogen and oxygen atoms in total.